The van der Waals surface area contributed by atoms with Crippen molar-refractivity contribution >= 4 is 17.1 Å². The number of hydrogen-bond acceptors (Lipinski definition) is 4. The smallest absolute Gasteiger partial charge is 0.269 e. The molecule has 2 aromatic carbocycles. The zero-order chi connectivity index (χ0) is 16.9. The molecule has 1 saturated carbocycles. The lowest BCUT2D eigenvalue weighted by atomic mass is 9.89. The minimum atomic E-state index is -0.368. The molecule has 2 aromatic rings. The molecule has 24 heavy (non-hydrogen) atoms. The number of nitro benzene ring substituents is 1. The van der Waals surface area contributed by atoms with Gasteiger partial charge in [-0.05, 0) is 43.5 Å². The van der Waals surface area contributed by atoms with Crippen molar-refractivity contribution in [2.75, 3.05) is 10.6 Å². The fraction of sp³-hybridized carbons (Fsp3) is 0.368. The minimum Gasteiger partial charge on any atom is -0.380 e. The SMILES string of the molecule is Cc1ccccc1N[C@@H]1CCCC[C@H]1Nc1ccc([N+](=O)[O-])cc1. The third-order valence-electron chi connectivity index (χ3n) is 4.68. The normalized spacial score (nSPS) is 20.4. The van der Waals surface area contributed by atoms with Gasteiger partial charge in [-0.3, -0.25) is 10.1 Å². The van der Waals surface area contributed by atoms with Crippen LogP contribution in [0.25, 0.3) is 0 Å². The standard InChI is InChI=1S/C19H23N3O2/c1-14-6-2-3-7-17(14)21-19-9-5-4-8-18(19)20-15-10-12-16(13-11-15)22(23)24/h2-3,6-7,10-13,18-21H,4-5,8-9H2,1H3/t18-,19-/m1/s1. The van der Waals surface area contributed by atoms with Gasteiger partial charge in [0.2, 0.25) is 0 Å². The molecule has 0 spiro atoms. The molecule has 1 fully saturated rings. The third kappa shape index (κ3) is 3.85. The molecule has 1 aliphatic rings. The number of nitrogens with one attached hydrogen (secondary N) is 2. The van der Waals surface area contributed by atoms with E-state index in [4.69, 9.17) is 0 Å². The second kappa shape index (κ2) is 7.34. The van der Waals surface area contributed by atoms with Crippen molar-refractivity contribution in [3.8, 4) is 0 Å². The maximum absolute atomic E-state index is 10.8. The molecule has 0 radical (unpaired) electrons. The Morgan fingerprint density at radius 3 is 2.21 bits per heavy atom. The highest BCUT2D eigenvalue weighted by Gasteiger charge is 2.25. The van der Waals surface area contributed by atoms with Crippen molar-refractivity contribution < 1.29 is 4.92 Å². The molecular formula is C19H23N3O2. The van der Waals surface area contributed by atoms with E-state index in [1.165, 1.54) is 24.1 Å². The third-order valence-corrected chi connectivity index (χ3v) is 4.68. The van der Waals surface area contributed by atoms with Gasteiger partial charge in [-0.25, -0.2) is 0 Å². The summed E-state index contributed by atoms with van der Waals surface area (Å²) in [6.07, 6.45) is 4.65. The molecule has 0 heterocycles. The van der Waals surface area contributed by atoms with Crippen LogP contribution in [0.4, 0.5) is 17.1 Å². The molecule has 2 atom stereocenters. The molecule has 0 amide bonds. The van der Waals surface area contributed by atoms with Gasteiger partial charge in [0.05, 0.1) is 4.92 Å². The van der Waals surface area contributed by atoms with Crippen LogP contribution in [0, 0.1) is 17.0 Å². The van der Waals surface area contributed by atoms with E-state index in [0.29, 0.717) is 12.1 Å². The first-order chi connectivity index (χ1) is 11.6. The van der Waals surface area contributed by atoms with Crippen molar-refractivity contribution in [2.45, 2.75) is 44.7 Å². The second-order valence-corrected chi connectivity index (χ2v) is 6.41. The summed E-state index contributed by atoms with van der Waals surface area (Å²) in [6, 6.07) is 15.7. The van der Waals surface area contributed by atoms with Crippen LogP contribution in [0.15, 0.2) is 48.5 Å². The summed E-state index contributed by atoms with van der Waals surface area (Å²) in [7, 11) is 0. The van der Waals surface area contributed by atoms with Gasteiger partial charge in [-0.1, -0.05) is 31.0 Å². The molecule has 5 heteroatoms. The highest BCUT2D eigenvalue weighted by Crippen LogP contribution is 2.27. The van der Waals surface area contributed by atoms with Crippen LogP contribution in [0.3, 0.4) is 0 Å². The van der Waals surface area contributed by atoms with Gasteiger partial charge in [0.1, 0.15) is 0 Å². The van der Waals surface area contributed by atoms with Crippen molar-refractivity contribution in [3.63, 3.8) is 0 Å². The van der Waals surface area contributed by atoms with Gasteiger partial charge in [-0.2, -0.15) is 0 Å². The minimum absolute atomic E-state index is 0.124. The van der Waals surface area contributed by atoms with E-state index in [1.54, 1.807) is 24.3 Å². The molecule has 0 saturated heterocycles. The Balaban J connectivity index is 1.70. The van der Waals surface area contributed by atoms with E-state index >= 15 is 0 Å². The average molecular weight is 325 g/mol. The molecular weight excluding hydrogens is 302 g/mol. The lowest BCUT2D eigenvalue weighted by Gasteiger charge is -2.34. The molecule has 0 aliphatic heterocycles. The van der Waals surface area contributed by atoms with Gasteiger partial charge in [-0.15, -0.1) is 0 Å². The van der Waals surface area contributed by atoms with Crippen LogP contribution in [0.5, 0.6) is 0 Å². The molecule has 0 bridgehead atoms. The fourth-order valence-electron chi connectivity index (χ4n) is 3.30. The number of benzene rings is 2. The summed E-state index contributed by atoms with van der Waals surface area (Å²) >= 11 is 0. The molecule has 0 unspecified atom stereocenters. The maximum Gasteiger partial charge on any atom is 0.269 e. The van der Waals surface area contributed by atoms with E-state index in [2.05, 4.69) is 35.8 Å². The topological polar surface area (TPSA) is 67.2 Å². The largest absolute Gasteiger partial charge is 0.380 e. The maximum atomic E-state index is 10.8. The number of non-ortho nitro benzene ring substituents is 1. The number of para-hydroxylation sites is 1. The summed E-state index contributed by atoms with van der Waals surface area (Å²) in [5.41, 5.74) is 3.49. The van der Waals surface area contributed by atoms with E-state index in [9.17, 15) is 10.1 Å². The monoisotopic (exact) mass is 325 g/mol. The number of aryl methyl sites for hydroxylation is 1. The predicted molar refractivity (Wildman–Crippen MR) is 97.6 cm³/mol. The lowest BCUT2D eigenvalue weighted by Crippen LogP contribution is -2.41. The molecule has 3 rings (SSSR count). The number of hydrogen-bond donors (Lipinski definition) is 2. The van der Waals surface area contributed by atoms with E-state index in [1.807, 2.05) is 6.07 Å². The molecule has 126 valence electrons. The zero-order valence-corrected chi connectivity index (χ0v) is 13.9. The number of anilines is 2. The van der Waals surface area contributed by atoms with E-state index in [-0.39, 0.29) is 10.6 Å². The summed E-state index contributed by atoms with van der Waals surface area (Å²) in [6.45, 7) is 2.12. The van der Waals surface area contributed by atoms with Crippen LogP contribution in [0.1, 0.15) is 31.2 Å². The van der Waals surface area contributed by atoms with Crippen LogP contribution >= 0.6 is 0 Å². The number of rotatable bonds is 5. The zero-order valence-electron chi connectivity index (χ0n) is 13.9. The van der Waals surface area contributed by atoms with Gasteiger partial charge < -0.3 is 10.6 Å². The van der Waals surface area contributed by atoms with Gasteiger partial charge in [0, 0.05) is 35.6 Å². The van der Waals surface area contributed by atoms with Crippen molar-refractivity contribution in [3.05, 3.63) is 64.2 Å². The first-order valence-electron chi connectivity index (χ1n) is 8.46. The van der Waals surface area contributed by atoms with Crippen molar-refractivity contribution in [1.82, 2.24) is 0 Å². The summed E-state index contributed by atoms with van der Waals surface area (Å²) < 4.78 is 0. The Bertz CT molecular complexity index is 700. The van der Waals surface area contributed by atoms with Crippen molar-refractivity contribution in [2.24, 2.45) is 0 Å². The van der Waals surface area contributed by atoms with E-state index in [0.717, 1.165) is 18.5 Å². The van der Waals surface area contributed by atoms with Crippen LogP contribution in [0.2, 0.25) is 0 Å². The highest BCUT2D eigenvalue weighted by molar-refractivity contribution is 5.53. The predicted octanol–water partition coefficient (Wildman–Crippen LogP) is 4.74. The Morgan fingerprint density at radius 1 is 0.958 bits per heavy atom. The summed E-state index contributed by atoms with van der Waals surface area (Å²) in [5.74, 6) is 0. The summed E-state index contributed by atoms with van der Waals surface area (Å²) in [4.78, 5) is 10.4. The van der Waals surface area contributed by atoms with Gasteiger partial charge in [0.15, 0.2) is 0 Å². The molecule has 2 N–H and O–H groups in total. The lowest BCUT2D eigenvalue weighted by molar-refractivity contribution is -0.384. The number of nitrogens with zero attached hydrogens (tertiary/aromatic N) is 1. The van der Waals surface area contributed by atoms with Crippen LogP contribution in [-0.2, 0) is 0 Å². The van der Waals surface area contributed by atoms with Gasteiger partial charge >= 0.3 is 0 Å². The summed E-state index contributed by atoms with van der Waals surface area (Å²) in [5, 5.41) is 18.0. The first kappa shape index (κ1) is 16.3. The molecule has 5 nitrogen and oxygen atoms in total. The Kier molecular flexibility index (Phi) is 4.99. The molecule has 0 aromatic heterocycles. The van der Waals surface area contributed by atoms with Crippen LogP contribution in [-0.4, -0.2) is 17.0 Å². The highest BCUT2D eigenvalue weighted by atomic mass is 16.6. The molecule has 1 aliphatic carbocycles. The Labute approximate surface area is 142 Å². The van der Waals surface area contributed by atoms with Gasteiger partial charge in [0.25, 0.3) is 5.69 Å². The Hall–Kier alpha value is -2.56. The average Bonchev–Trinajstić information content (AvgIpc) is 2.59. The van der Waals surface area contributed by atoms with Crippen LogP contribution < -0.4 is 10.6 Å². The number of nitro groups is 1. The quantitative estimate of drug-likeness (QED) is 0.615. The van der Waals surface area contributed by atoms with Crippen molar-refractivity contribution in [1.29, 1.82) is 0 Å². The first-order valence-corrected chi connectivity index (χ1v) is 8.46. The Morgan fingerprint density at radius 2 is 1.58 bits per heavy atom. The second-order valence-electron chi connectivity index (χ2n) is 6.41. The fourth-order valence-corrected chi connectivity index (χ4v) is 3.30. The van der Waals surface area contributed by atoms with E-state index < -0.39 is 0 Å².